The molecule has 5 heteroatoms. The molecular weight excluding hydrogens is 267 g/mol. The molecule has 0 fully saturated rings. The van der Waals surface area contributed by atoms with Gasteiger partial charge in [-0.1, -0.05) is 6.07 Å². The minimum atomic E-state index is -0.697. The van der Waals surface area contributed by atoms with Gasteiger partial charge in [0, 0.05) is 29.3 Å². The van der Waals surface area contributed by atoms with Crippen LogP contribution in [0, 0.1) is 17.5 Å². The van der Waals surface area contributed by atoms with Gasteiger partial charge in [-0.2, -0.15) is 0 Å². The van der Waals surface area contributed by atoms with Crippen LogP contribution in [0.2, 0.25) is 0 Å². The van der Waals surface area contributed by atoms with Crippen LogP contribution < -0.4 is 10.5 Å². The summed E-state index contributed by atoms with van der Waals surface area (Å²) in [6.07, 6.45) is 0. The fraction of sp³-hybridized carbons (Fsp3) is 0.200. The van der Waals surface area contributed by atoms with E-state index in [9.17, 15) is 13.2 Å². The molecule has 0 saturated carbocycles. The van der Waals surface area contributed by atoms with Gasteiger partial charge in [0.2, 0.25) is 0 Å². The Morgan fingerprint density at radius 2 is 1.80 bits per heavy atom. The smallest absolute Gasteiger partial charge is 0.132 e. The highest BCUT2D eigenvalue weighted by Crippen LogP contribution is 2.22. The number of ether oxygens (including phenoxy) is 1. The molecule has 0 aliphatic carbocycles. The molecule has 1 atom stereocenters. The monoisotopic (exact) mass is 281 g/mol. The van der Waals surface area contributed by atoms with E-state index < -0.39 is 23.5 Å². The summed E-state index contributed by atoms with van der Waals surface area (Å²) < 4.78 is 45.1. The molecule has 2 N–H and O–H groups in total. The Morgan fingerprint density at radius 3 is 2.40 bits per heavy atom. The SMILES string of the molecule is CC(N)c1ccc(OCc2ccc(F)cc2F)cc1F. The summed E-state index contributed by atoms with van der Waals surface area (Å²) in [5, 5.41) is 0. The maximum atomic E-state index is 13.7. The molecule has 2 rings (SSSR count). The zero-order valence-electron chi connectivity index (χ0n) is 10.9. The van der Waals surface area contributed by atoms with Crippen LogP contribution in [-0.4, -0.2) is 0 Å². The summed E-state index contributed by atoms with van der Waals surface area (Å²) in [5.41, 5.74) is 6.17. The van der Waals surface area contributed by atoms with Crippen molar-refractivity contribution in [3.05, 3.63) is 65.0 Å². The summed E-state index contributed by atoms with van der Waals surface area (Å²) in [4.78, 5) is 0. The number of halogens is 3. The lowest BCUT2D eigenvalue weighted by molar-refractivity contribution is 0.297. The number of nitrogens with two attached hydrogens (primary N) is 1. The summed E-state index contributed by atoms with van der Waals surface area (Å²) in [6.45, 7) is 1.57. The van der Waals surface area contributed by atoms with Crippen molar-refractivity contribution in [3.63, 3.8) is 0 Å². The lowest BCUT2D eigenvalue weighted by Crippen LogP contribution is -2.07. The average Bonchev–Trinajstić information content (AvgIpc) is 2.37. The Bertz CT molecular complexity index is 614. The van der Waals surface area contributed by atoms with E-state index in [1.165, 1.54) is 18.2 Å². The fourth-order valence-corrected chi connectivity index (χ4v) is 1.77. The molecule has 0 saturated heterocycles. The standard InChI is InChI=1S/C15H14F3NO/c1-9(19)13-5-4-12(7-15(13)18)20-8-10-2-3-11(16)6-14(10)17/h2-7,9H,8,19H2,1H3. The number of benzene rings is 2. The number of hydrogen-bond acceptors (Lipinski definition) is 2. The first-order valence-corrected chi connectivity index (χ1v) is 6.09. The molecule has 2 nitrogen and oxygen atoms in total. The second-order valence-corrected chi connectivity index (χ2v) is 4.50. The fourth-order valence-electron chi connectivity index (χ4n) is 1.77. The maximum Gasteiger partial charge on any atom is 0.132 e. The van der Waals surface area contributed by atoms with Crippen molar-refractivity contribution >= 4 is 0 Å². The van der Waals surface area contributed by atoms with Crippen LogP contribution in [-0.2, 0) is 6.61 Å². The zero-order chi connectivity index (χ0) is 14.7. The molecule has 0 spiro atoms. The van der Waals surface area contributed by atoms with Gasteiger partial charge in [0.25, 0.3) is 0 Å². The quantitative estimate of drug-likeness (QED) is 0.927. The van der Waals surface area contributed by atoms with Crippen molar-refractivity contribution in [2.45, 2.75) is 19.6 Å². The van der Waals surface area contributed by atoms with Gasteiger partial charge >= 0.3 is 0 Å². The van der Waals surface area contributed by atoms with Crippen LogP contribution in [0.15, 0.2) is 36.4 Å². The lowest BCUT2D eigenvalue weighted by Gasteiger charge is -2.11. The Kier molecular flexibility index (Phi) is 4.29. The predicted molar refractivity (Wildman–Crippen MR) is 69.7 cm³/mol. The van der Waals surface area contributed by atoms with E-state index in [2.05, 4.69) is 0 Å². The molecular formula is C15H14F3NO. The third kappa shape index (κ3) is 3.30. The van der Waals surface area contributed by atoms with E-state index in [0.29, 0.717) is 5.56 Å². The van der Waals surface area contributed by atoms with Crippen molar-refractivity contribution in [3.8, 4) is 5.75 Å². The van der Waals surface area contributed by atoms with Crippen molar-refractivity contribution < 1.29 is 17.9 Å². The van der Waals surface area contributed by atoms with E-state index in [4.69, 9.17) is 10.5 Å². The molecule has 0 heterocycles. The van der Waals surface area contributed by atoms with Crippen LogP contribution in [0.1, 0.15) is 24.1 Å². The first-order valence-electron chi connectivity index (χ1n) is 6.09. The Labute approximate surface area is 115 Å². The van der Waals surface area contributed by atoms with E-state index in [1.54, 1.807) is 13.0 Å². The summed E-state index contributed by atoms with van der Waals surface area (Å²) >= 11 is 0. The molecule has 0 aliphatic rings. The molecule has 2 aromatic rings. The maximum absolute atomic E-state index is 13.7. The van der Waals surface area contributed by atoms with E-state index in [-0.39, 0.29) is 17.9 Å². The minimum Gasteiger partial charge on any atom is -0.489 e. The van der Waals surface area contributed by atoms with Crippen molar-refractivity contribution in [1.82, 2.24) is 0 Å². The van der Waals surface area contributed by atoms with E-state index in [0.717, 1.165) is 12.1 Å². The highest BCUT2D eigenvalue weighted by molar-refractivity contribution is 5.31. The Balaban J connectivity index is 2.09. The third-order valence-electron chi connectivity index (χ3n) is 2.87. The van der Waals surface area contributed by atoms with Crippen LogP contribution in [0.25, 0.3) is 0 Å². The Hall–Kier alpha value is -2.01. The van der Waals surface area contributed by atoms with Gasteiger partial charge < -0.3 is 10.5 Å². The molecule has 106 valence electrons. The summed E-state index contributed by atoms with van der Waals surface area (Å²) in [6, 6.07) is 7.07. The lowest BCUT2D eigenvalue weighted by atomic mass is 10.1. The van der Waals surface area contributed by atoms with Crippen LogP contribution in [0.3, 0.4) is 0 Å². The topological polar surface area (TPSA) is 35.2 Å². The van der Waals surface area contributed by atoms with E-state index in [1.807, 2.05) is 0 Å². The van der Waals surface area contributed by atoms with Crippen molar-refractivity contribution in [2.75, 3.05) is 0 Å². The molecule has 0 aromatic heterocycles. The number of hydrogen-bond donors (Lipinski definition) is 1. The van der Waals surface area contributed by atoms with Crippen LogP contribution >= 0.6 is 0 Å². The molecule has 0 aliphatic heterocycles. The average molecular weight is 281 g/mol. The molecule has 0 amide bonds. The number of rotatable bonds is 4. The van der Waals surface area contributed by atoms with Gasteiger partial charge in [-0.15, -0.1) is 0 Å². The van der Waals surface area contributed by atoms with Gasteiger partial charge in [-0.05, 0) is 25.1 Å². The van der Waals surface area contributed by atoms with Gasteiger partial charge in [-0.25, -0.2) is 13.2 Å². The summed E-state index contributed by atoms with van der Waals surface area (Å²) in [5.74, 6) is -1.57. The molecule has 0 bridgehead atoms. The second-order valence-electron chi connectivity index (χ2n) is 4.50. The largest absolute Gasteiger partial charge is 0.489 e. The first kappa shape index (κ1) is 14.4. The van der Waals surface area contributed by atoms with Gasteiger partial charge in [0.05, 0.1) is 0 Å². The molecule has 1 unspecified atom stereocenters. The summed E-state index contributed by atoms with van der Waals surface area (Å²) in [7, 11) is 0. The second kappa shape index (κ2) is 5.96. The molecule has 2 aromatic carbocycles. The molecule has 20 heavy (non-hydrogen) atoms. The normalized spacial score (nSPS) is 12.2. The Morgan fingerprint density at radius 1 is 1.05 bits per heavy atom. The van der Waals surface area contributed by atoms with Crippen molar-refractivity contribution in [2.24, 2.45) is 5.73 Å². The third-order valence-corrected chi connectivity index (χ3v) is 2.87. The van der Waals surface area contributed by atoms with Gasteiger partial charge in [-0.3, -0.25) is 0 Å². The zero-order valence-corrected chi connectivity index (χ0v) is 10.9. The van der Waals surface area contributed by atoms with E-state index >= 15 is 0 Å². The first-order chi connectivity index (χ1) is 9.47. The van der Waals surface area contributed by atoms with Gasteiger partial charge in [0.15, 0.2) is 0 Å². The van der Waals surface area contributed by atoms with Crippen LogP contribution in [0.4, 0.5) is 13.2 Å². The minimum absolute atomic E-state index is 0.108. The predicted octanol–water partition coefficient (Wildman–Crippen LogP) is 3.70. The highest BCUT2D eigenvalue weighted by Gasteiger charge is 2.09. The van der Waals surface area contributed by atoms with Gasteiger partial charge in [0.1, 0.15) is 29.8 Å². The highest BCUT2D eigenvalue weighted by atomic mass is 19.1. The van der Waals surface area contributed by atoms with Crippen molar-refractivity contribution in [1.29, 1.82) is 0 Å². The van der Waals surface area contributed by atoms with Crippen LogP contribution in [0.5, 0.6) is 5.75 Å². The molecule has 0 radical (unpaired) electrons.